The molecular weight excluding hydrogens is 296 g/mol. The van der Waals surface area contributed by atoms with Gasteiger partial charge < -0.3 is 15.3 Å². The number of nitrogens with zero attached hydrogens (tertiary/aromatic N) is 1. The zero-order chi connectivity index (χ0) is 17.6. The van der Waals surface area contributed by atoms with E-state index in [2.05, 4.69) is 5.32 Å². The smallest absolute Gasteiger partial charge is 0.326 e. The predicted molar refractivity (Wildman–Crippen MR) is 87.9 cm³/mol. The van der Waals surface area contributed by atoms with Gasteiger partial charge in [-0.25, -0.2) is 4.79 Å². The number of likely N-dealkylation sites (tertiary alicyclic amines) is 1. The molecule has 0 aromatic heterocycles. The molecule has 132 valence electrons. The standard InChI is InChI=1S/C17H30N2O4/c1-5-6-8-12(16(22)23)18-15(21)13-9-7-10-19(13)14(20)11-17(2,3)4/h12-13H,5-11H2,1-4H3,(H,18,21)(H,22,23)/t12-,13?/m0/s1. The molecule has 2 atom stereocenters. The second-order valence-corrected chi connectivity index (χ2v) is 7.52. The fraction of sp³-hybridized carbons (Fsp3) is 0.824. The molecule has 1 aliphatic heterocycles. The number of amides is 2. The molecule has 0 saturated carbocycles. The molecule has 1 heterocycles. The first-order valence-electron chi connectivity index (χ1n) is 8.48. The van der Waals surface area contributed by atoms with E-state index in [0.717, 1.165) is 19.3 Å². The zero-order valence-electron chi connectivity index (χ0n) is 14.7. The van der Waals surface area contributed by atoms with Gasteiger partial charge in [0.25, 0.3) is 0 Å². The van der Waals surface area contributed by atoms with Crippen LogP contribution in [0.15, 0.2) is 0 Å². The maximum atomic E-state index is 12.4. The Hall–Kier alpha value is -1.59. The lowest BCUT2D eigenvalue weighted by Gasteiger charge is -2.28. The Bertz CT molecular complexity index is 442. The fourth-order valence-electron chi connectivity index (χ4n) is 2.83. The summed E-state index contributed by atoms with van der Waals surface area (Å²) in [6, 6.07) is -1.41. The van der Waals surface area contributed by atoms with Crippen molar-refractivity contribution >= 4 is 17.8 Å². The molecular formula is C17H30N2O4. The molecule has 0 aliphatic carbocycles. The van der Waals surface area contributed by atoms with Crippen LogP contribution in [0, 0.1) is 5.41 Å². The van der Waals surface area contributed by atoms with Gasteiger partial charge in [-0.05, 0) is 24.7 Å². The second kappa shape index (κ2) is 8.31. The van der Waals surface area contributed by atoms with Crippen molar-refractivity contribution in [1.82, 2.24) is 10.2 Å². The Balaban J connectivity index is 2.69. The Morgan fingerprint density at radius 3 is 2.48 bits per heavy atom. The molecule has 1 fully saturated rings. The predicted octanol–water partition coefficient (Wildman–Crippen LogP) is 2.17. The normalized spacial score (nSPS) is 19.5. The zero-order valence-corrected chi connectivity index (χ0v) is 14.7. The van der Waals surface area contributed by atoms with Gasteiger partial charge in [0, 0.05) is 13.0 Å². The van der Waals surface area contributed by atoms with Crippen LogP contribution in [0.1, 0.15) is 66.2 Å². The minimum absolute atomic E-state index is 0.0319. The molecule has 2 N–H and O–H groups in total. The first-order chi connectivity index (χ1) is 10.7. The van der Waals surface area contributed by atoms with Crippen LogP contribution in [0.25, 0.3) is 0 Å². The van der Waals surface area contributed by atoms with Gasteiger partial charge in [-0.15, -0.1) is 0 Å². The highest BCUT2D eigenvalue weighted by molar-refractivity contribution is 5.91. The molecule has 0 aromatic carbocycles. The van der Waals surface area contributed by atoms with Gasteiger partial charge in [0.15, 0.2) is 0 Å². The maximum absolute atomic E-state index is 12.4. The number of rotatable bonds is 7. The average molecular weight is 326 g/mol. The van der Waals surface area contributed by atoms with Gasteiger partial charge in [-0.3, -0.25) is 9.59 Å². The number of carbonyl (C=O) groups excluding carboxylic acids is 2. The molecule has 1 saturated heterocycles. The number of nitrogens with one attached hydrogen (secondary N) is 1. The molecule has 0 bridgehead atoms. The third-order valence-electron chi connectivity index (χ3n) is 4.02. The number of hydrogen-bond donors (Lipinski definition) is 2. The van der Waals surface area contributed by atoms with Crippen LogP contribution >= 0.6 is 0 Å². The number of carboxylic acid groups (broad SMARTS) is 1. The van der Waals surface area contributed by atoms with Crippen molar-refractivity contribution in [3.8, 4) is 0 Å². The lowest BCUT2D eigenvalue weighted by Crippen LogP contribution is -2.51. The summed E-state index contributed by atoms with van der Waals surface area (Å²) in [7, 11) is 0. The molecule has 23 heavy (non-hydrogen) atoms. The summed E-state index contributed by atoms with van der Waals surface area (Å²) in [6.07, 6.45) is 3.80. The number of carboxylic acids is 1. The van der Waals surface area contributed by atoms with Crippen molar-refractivity contribution in [1.29, 1.82) is 0 Å². The summed E-state index contributed by atoms with van der Waals surface area (Å²) in [5.74, 6) is -1.39. The Kier molecular flexibility index (Phi) is 7.03. The van der Waals surface area contributed by atoms with E-state index in [1.807, 2.05) is 27.7 Å². The van der Waals surface area contributed by atoms with E-state index in [4.69, 9.17) is 0 Å². The number of unbranched alkanes of at least 4 members (excludes halogenated alkanes) is 1. The molecule has 6 heteroatoms. The number of aliphatic carboxylic acids is 1. The highest BCUT2D eigenvalue weighted by atomic mass is 16.4. The first-order valence-corrected chi connectivity index (χ1v) is 8.48. The molecule has 0 aromatic rings. The summed E-state index contributed by atoms with van der Waals surface area (Å²) >= 11 is 0. The minimum Gasteiger partial charge on any atom is -0.480 e. The van der Waals surface area contributed by atoms with E-state index in [0.29, 0.717) is 25.8 Å². The van der Waals surface area contributed by atoms with Crippen molar-refractivity contribution in [2.45, 2.75) is 78.3 Å². The molecule has 0 spiro atoms. The van der Waals surface area contributed by atoms with Gasteiger partial charge >= 0.3 is 5.97 Å². The maximum Gasteiger partial charge on any atom is 0.326 e. The lowest BCUT2D eigenvalue weighted by atomic mass is 9.91. The van der Waals surface area contributed by atoms with E-state index in [9.17, 15) is 19.5 Å². The van der Waals surface area contributed by atoms with Crippen LogP contribution in [0.4, 0.5) is 0 Å². The highest BCUT2D eigenvalue weighted by Gasteiger charge is 2.36. The number of hydrogen-bond acceptors (Lipinski definition) is 3. The van der Waals surface area contributed by atoms with Crippen molar-refractivity contribution in [3.05, 3.63) is 0 Å². The SMILES string of the molecule is CCCC[C@H](NC(=O)C1CCCN1C(=O)CC(C)(C)C)C(=O)O. The van der Waals surface area contributed by atoms with Gasteiger partial charge in [0.05, 0.1) is 0 Å². The molecule has 1 unspecified atom stereocenters. The monoisotopic (exact) mass is 326 g/mol. The molecule has 1 rings (SSSR count). The fourth-order valence-corrected chi connectivity index (χ4v) is 2.83. The van der Waals surface area contributed by atoms with Crippen molar-refractivity contribution in [2.75, 3.05) is 6.54 Å². The van der Waals surface area contributed by atoms with Crippen LogP contribution in [0.2, 0.25) is 0 Å². The van der Waals surface area contributed by atoms with E-state index >= 15 is 0 Å². The van der Waals surface area contributed by atoms with E-state index in [1.54, 1.807) is 4.90 Å². The van der Waals surface area contributed by atoms with Crippen molar-refractivity contribution in [2.24, 2.45) is 5.41 Å². The summed E-state index contributed by atoms with van der Waals surface area (Å²) in [5.41, 5.74) is -0.134. The minimum atomic E-state index is -1.02. The first kappa shape index (κ1) is 19.5. The second-order valence-electron chi connectivity index (χ2n) is 7.52. The van der Waals surface area contributed by atoms with Gasteiger partial charge in [0.1, 0.15) is 12.1 Å². The Labute approximate surface area is 138 Å². The Morgan fingerprint density at radius 2 is 1.96 bits per heavy atom. The number of carbonyl (C=O) groups is 3. The average Bonchev–Trinajstić information content (AvgIpc) is 2.90. The van der Waals surface area contributed by atoms with Crippen LogP contribution in [0.5, 0.6) is 0 Å². The molecule has 2 amide bonds. The lowest BCUT2D eigenvalue weighted by molar-refractivity contribution is -0.144. The van der Waals surface area contributed by atoms with Crippen molar-refractivity contribution < 1.29 is 19.5 Å². The largest absolute Gasteiger partial charge is 0.480 e. The summed E-state index contributed by atoms with van der Waals surface area (Å²) in [5, 5.41) is 11.8. The third kappa shape index (κ3) is 6.20. The third-order valence-corrected chi connectivity index (χ3v) is 4.02. The van der Waals surface area contributed by atoms with Crippen LogP contribution in [-0.4, -0.2) is 46.4 Å². The van der Waals surface area contributed by atoms with Crippen molar-refractivity contribution in [3.63, 3.8) is 0 Å². The van der Waals surface area contributed by atoms with E-state index in [1.165, 1.54) is 0 Å². The summed E-state index contributed by atoms with van der Waals surface area (Å²) < 4.78 is 0. The van der Waals surface area contributed by atoms with Gasteiger partial charge in [-0.2, -0.15) is 0 Å². The highest BCUT2D eigenvalue weighted by Crippen LogP contribution is 2.25. The molecule has 1 aliphatic rings. The van der Waals surface area contributed by atoms with Gasteiger partial charge in [0.2, 0.25) is 11.8 Å². The van der Waals surface area contributed by atoms with Gasteiger partial charge in [-0.1, -0.05) is 40.5 Å². The van der Waals surface area contributed by atoms with Crippen LogP contribution in [0.3, 0.4) is 0 Å². The molecule has 6 nitrogen and oxygen atoms in total. The Morgan fingerprint density at radius 1 is 1.30 bits per heavy atom. The van der Waals surface area contributed by atoms with Crippen LogP contribution < -0.4 is 5.32 Å². The molecule has 0 radical (unpaired) electrons. The van der Waals surface area contributed by atoms with E-state index in [-0.39, 0.29) is 17.2 Å². The summed E-state index contributed by atoms with van der Waals surface area (Å²) in [6.45, 7) is 8.51. The van der Waals surface area contributed by atoms with Crippen LogP contribution in [-0.2, 0) is 14.4 Å². The summed E-state index contributed by atoms with van der Waals surface area (Å²) in [4.78, 5) is 37.7. The topological polar surface area (TPSA) is 86.7 Å². The quantitative estimate of drug-likeness (QED) is 0.750. The van der Waals surface area contributed by atoms with E-state index < -0.39 is 18.1 Å².